The van der Waals surface area contributed by atoms with Crippen LogP contribution < -0.4 is 10.1 Å². The van der Waals surface area contributed by atoms with Crippen molar-refractivity contribution in [2.24, 2.45) is 0 Å². The third-order valence-electron chi connectivity index (χ3n) is 4.30. The van der Waals surface area contributed by atoms with Crippen LogP contribution in [-0.4, -0.2) is 24.5 Å². The predicted molar refractivity (Wildman–Crippen MR) is 121 cm³/mol. The van der Waals surface area contributed by atoms with Crippen LogP contribution >= 0.6 is 15.9 Å². The number of carbonyl (C=O) groups is 3. The Morgan fingerprint density at radius 2 is 1.52 bits per heavy atom. The lowest BCUT2D eigenvalue weighted by molar-refractivity contribution is -0.131. The van der Waals surface area contributed by atoms with Crippen LogP contribution in [0.25, 0.3) is 11.1 Å². The number of hydrogen-bond acceptors (Lipinski definition) is 5. The number of halogens is 1. The molecule has 0 radical (unpaired) electrons. The number of rotatable bonds is 6. The first-order valence-corrected chi connectivity index (χ1v) is 10.2. The Hall–Kier alpha value is -3.45. The van der Waals surface area contributed by atoms with Gasteiger partial charge in [-0.3, -0.25) is 9.59 Å². The molecule has 3 aromatic rings. The normalized spacial score (nSPS) is 10.3. The van der Waals surface area contributed by atoms with Gasteiger partial charge in [0.25, 0.3) is 5.91 Å². The van der Waals surface area contributed by atoms with Crippen LogP contribution in [-0.2, 0) is 14.3 Å². The molecule has 0 atom stereocenters. The molecule has 3 rings (SSSR count). The second-order valence-electron chi connectivity index (χ2n) is 6.80. The molecule has 0 aliphatic heterocycles. The molecule has 0 aliphatic rings. The number of nitrogens with one attached hydrogen (secondary N) is 1. The van der Waals surface area contributed by atoms with Crippen molar-refractivity contribution in [3.05, 3.63) is 82.3 Å². The van der Waals surface area contributed by atoms with E-state index in [0.717, 1.165) is 21.2 Å². The van der Waals surface area contributed by atoms with Gasteiger partial charge in [0.15, 0.2) is 6.61 Å². The maximum atomic E-state index is 12.2. The lowest BCUT2D eigenvalue weighted by Gasteiger charge is -2.09. The molecule has 0 spiro atoms. The maximum absolute atomic E-state index is 12.2. The van der Waals surface area contributed by atoms with E-state index in [9.17, 15) is 14.4 Å². The SMILES string of the molecule is CC(=O)Oc1ccc(-c2ccc(C(=O)OCC(=O)Nc3ccc(C)cc3Br)cc2)cc1. The minimum Gasteiger partial charge on any atom is -0.452 e. The van der Waals surface area contributed by atoms with Gasteiger partial charge in [0.2, 0.25) is 0 Å². The van der Waals surface area contributed by atoms with Crippen LogP contribution in [0.15, 0.2) is 71.2 Å². The van der Waals surface area contributed by atoms with E-state index in [1.807, 2.05) is 31.2 Å². The zero-order chi connectivity index (χ0) is 22.4. The maximum Gasteiger partial charge on any atom is 0.338 e. The Balaban J connectivity index is 1.56. The van der Waals surface area contributed by atoms with E-state index in [2.05, 4.69) is 21.2 Å². The molecule has 0 bridgehead atoms. The number of carbonyl (C=O) groups excluding carboxylic acids is 3. The molecule has 31 heavy (non-hydrogen) atoms. The van der Waals surface area contributed by atoms with Crippen molar-refractivity contribution >= 4 is 39.5 Å². The first kappa shape index (κ1) is 22.2. The summed E-state index contributed by atoms with van der Waals surface area (Å²) in [6.07, 6.45) is 0. The second-order valence-corrected chi connectivity index (χ2v) is 7.66. The lowest BCUT2D eigenvalue weighted by atomic mass is 10.0. The summed E-state index contributed by atoms with van der Waals surface area (Å²) in [6, 6.07) is 19.4. The van der Waals surface area contributed by atoms with Crippen molar-refractivity contribution in [1.29, 1.82) is 0 Å². The van der Waals surface area contributed by atoms with Crippen molar-refractivity contribution in [3.8, 4) is 16.9 Å². The van der Waals surface area contributed by atoms with Crippen molar-refractivity contribution in [3.63, 3.8) is 0 Å². The van der Waals surface area contributed by atoms with Gasteiger partial charge >= 0.3 is 11.9 Å². The number of hydrogen-bond donors (Lipinski definition) is 1. The van der Waals surface area contributed by atoms with Gasteiger partial charge < -0.3 is 14.8 Å². The number of benzene rings is 3. The van der Waals surface area contributed by atoms with Crippen molar-refractivity contribution in [2.45, 2.75) is 13.8 Å². The highest BCUT2D eigenvalue weighted by Crippen LogP contribution is 2.24. The van der Waals surface area contributed by atoms with Gasteiger partial charge in [-0.05, 0) is 75.9 Å². The molecular formula is C24H20BrNO5. The molecule has 0 saturated heterocycles. The van der Waals surface area contributed by atoms with E-state index in [0.29, 0.717) is 17.0 Å². The standard InChI is InChI=1S/C24H20BrNO5/c1-15-3-12-22(21(25)13-15)26-23(28)14-30-24(29)19-6-4-17(5-7-19)18-8-10-20(11-9-18)31-16(2)27/h3-13H,14H2,1-2H3,(H,26,28). The number of amides is 1. The Kier molecular flexibility index (Phi) is 7.20. The molecule has 0 unspecified atom stereocenters. The van der Waals surface area contributed by atoms with Gasteiger partial charge in [-0.25, -0.2) is 4.79 Å². The smallest absolute Gasteiger partial charge is 0.338 e. The zero-order valence-electron chi connectivity index (χ0n) is 17.0. The summed E-state index contributed by atoms with van der Waals surface area (Å²) >= 11 is 3.39. The van der Waals surface area contributed by atoms with Gasteiger partial charge in [-0.2, -0.15) is 0 Å². The molecule has 158 valence electrons. The molecule has 7 heteroatoms. The first-order chi connectivity index (χ1) is 14.8. The topological polar surface area (TPSA) is 81.7 Å². The fraction of sp³-hybridized carbons (Fsp3) is 0.125. The predicted octanol–water partition coefficient (Wildman–Crippen LogP) is 5.15. The fourth-order valence-corrected chi connectivity index (χ4v) is 3.39. The van der Waals surface area contributed by atoms with E-state index >= 15 is 0 Å². The molecule has 1 amide bonds. The summed E-state index contributed by atoms with van der Waals surface area (Å²) in [6.45, 7) is 2.90. The van der Waals surface area contributed by atoms with E-state index in [1.165, 1.54) is 6.92 Å². The van der Waals surface area contributed by atoms with Crippen LogP contribution in [0.5, 0.6) is 5.75 Å². The minimum absolute atomic E-state index is 0.338. The summed E-state index contributed by atoms with van der Waals surface area (Å²) in [4.78, 5) is 35.3. The van der Waals surface area contributed by atoms with Crippen LogP contribution in [0.4, 0.5) is 5.69 Å². The van der Waals surface area contributed by atoms with Crippen LogP contribution in [0.1, 0.15) is 22.8 Å². The monoisotopic (exact) mass is 481 g/mol. The summed E-state index contributed by atoms with van der Waals surface area (Å²) < 4.78 is 10.9. The molecular weight excluding hydrogens is 462 g/mol. The van der Waals surface area contributed by atoms with E-state index in [4.69, 9.17) is 9.47 Å². The highest BCUT2D eigenvalue weighted by molar-refractivity contribution is 9.10. The summed E-state index contributed by atoms with van der Waals surface area (Å²) in [5.74, 6) is -0.930. The van der Waals surface area contributed by atoms with Gasteiger partial charge in [0.05, 0.1) is 11.3 Å². The fourth-order valence-electron chi connectivity index (χ4n) is 2.80. The molecule has 0 heterocycles. The van der Waals surface area contributed by atoms with Crippen molar-refractivity contribution < 1.29 is 23.9 Å². The summed E-state index contributed by atoms with van der Waals surface area (Å²) in [5, 5.41) is 2.70. The highest BCUT2D eigenvalue weighted by atomic mass is 79.9. The molecule has 6 nitrogen and oxygen atoms in total. The summed E-state index contributed by atoms with van der Waals surface area (Å²) in [7, 11) is 0. The van der Waals surface area contributed by atoms with Gasteiger partial charge in [-0.15, -0.1) is 0 Å². The first-order valence-electron chi connectivity index (χ1n) is 9.44. The number of anilines is 1. The Morgan fingerprint density at radius 1 is 0.903 bits per heavy atom. The molecule has 0 aliphatic carbocycles. The number of aryl methyl sites for hydroxylation is 1. The van der Waals surface area contributed by atoms with Gasteiger partial charge in [0.1, 0.15) is 5.75 Å². The quantitative estimate of drug-likeness (QED) is 0.389. The third kappa shape index (κ3) is 6.26. The second kappa shape index (κ2) is 10.0. The van der Waals surface area contributed by atoms with E-state index < -0.39 is 18.5 Å². The minimum atomic E-state index is -0.588. The van der Waals surface area contributed by atoms with Crippen molar-refractivity contribution in [1.82, 2.24) is 0 Å². The van der Waals surface area contributed by atoms with Crippen LogP contribution in [0.3, 0.4) is 0 Å². The van der Waals surface area contributed by atoms with Crippen LogP contribution in [0, 0.1) is 6.92 Å². The third-order valence-corrected chi connectivity index (χ3v) is 4.96. The Labute approximate surface area is 188 Å². The lowest BCUT2D eigenvalue weighted by Crippen LogP contribution is -2.21. The number of esters is 2. The largest absolute Gasteiger partial charge is 0.452 e. The molecule has 1 N–H and O–H groups in total. The molecule has 0 fully saturated rings. The van der Waals surface area contributed by atoms with E-state index in [1.54, 1.807) is 42.5 Å². The van der Waals surface area contributed by atoms with Crippen LogP contribution in [0.2, 0.25) is 0 Å². The average Bonchev–Trinajstić information content (AvgIpc) is 2.74. The summed E-state index contributed by atoms with van der Waals surface area (Å²) in [5.41, 5.74) is 3.78. The molecule has 0 saturated carbocycles. The molecule has 0 aromatic heterocycles. The Morgan fingerprint density at radius 3 is 2.10 bits per heavy atom. The average molecular weight is 482 g/mol. The van der Waals surface area contributed by atoms with Crippen molar-refractivity contribution in [2.75, 3.05) is 11.9 Å². The Bertz CT molecular complexity index is 1110. The molecule has 3 aromatic carbocycles. The van der Waals surface area contributed by atoms with Gasteiger partial charge in [0, 0.05) is 11.4 Å². The van der Waals surface area contributed by atoms with Gasteiger partial charge in [-0.1, -0.05) is 30.3 Å². The van der Waals surface area contributed by atoms with E-state index in [-0.39, 0.29) is 5.97 Å². The highest BCUT2D eigenvalue weighted by Gasteiger charge is 2.12. The zero-order valence-corrected chi connectivity index (χ0v) is 18.6. The number of ether oxygens (including phenoxy) is 2.